The van der Waals surface area contributed by atoms with Crippen LogP contribution in [-0.4, -0.2) is 56.1 Å². The van der Waals surface area contributed by atoms with Gasteiger partial charge in [0, 0.05) is 29.7 Å². The van der Waals surface area contributed by atoms with E-state index in [0.29, 0.717) is 12.1 Å². The van der Waals surface area contributed by atoms with Crippen LogP contribution >= 0.6 is 15.9 Å². The van der Waals surface area contributed by atoms with Crippen LogP contribution in [0.3, 0.4) is 0 Å². The van der Waals surface area contributed by atoms with E-state index in [4.69, 9.17) is 4.74 Å². The number of halogens is 1. The fourth-order valence-electron chi connectivity index (χ4n) is 3.21. The summed E-state index contributed by atoms with van der Waals surface area (Å²) in [4.78, 5) is 27.9. The first kappa shape index (κ1) is 23.2. The fourth-order valence-corrected chi connectivity index (χ4v) is 3.47. The first-order valence-corrected chi connectivity index (χ1v) is 11.2. The third-order valence-electron chi connectivity index (χ3n) is 5.03. The van der Waals surface area contributed by atoms with Gasteiger partial charge in [-0.1, -0.05) is 45.8 Å². The molecule has 164 valence electrons. The number of benzene rings is 2. The number of ether oxygens (including phenoxy) is 1. The van der Waals surface area contributed by atoms with E-state index in [1.807, 2.05) is 43.3 Å². The van der Waals surface area contributed by atoms with E-state index in [9.17, 15) is 9.59 Å². The van der Waals surface area contributed by atoms with Gasteiger partial charge in [0.25, 0.3) is 11.8 Å². The first-order valence-electron chi connectivity index (χ1n) is 10.4. The van der Waals surface area contributed by atoms with Crippen molar-refractivity contribution >= 4 is 33.8 Å². The molecule has 2 amide bonds. The highest BCUT2D eigenvalue weighted by atomic mass is 79.9. The third-order valence-corrected chi connectivity index (χ3v) is 5.56. The lowest BCUT2D eigenvalue weighted by atomic mass is 10.1. The van der Waals surface area contributed by atoms with Gasteiger partial charge in [0.05, 0.1) is 13.2 Å². The molecule has 2 aromatic rings. The number of carbonyl (C=O) groups is 2. The van der Waals surface area contributed by atoms with Crippen molar-refractivity contribution in [1.29, 1.82) is 0 Å². The Morgan fingerprint density at radius 3 is 2.42 bits per heavy atom. The third kappa shape index (κ3) is 7.61. The van der Waals surface area contributed by atoms with E-state index in [1.165, 1.54) is 0 Å². The summed E-state index contributed by atoms with van der Waals surface area (Å²) < 4.78 is 6.30. The molecular formula is C24H28BrN3O3. The standard InChI is InChI=1S/C24H28BrN3O3/c1-18-3-7-20(8-4-18)23(29)27-22(17-19-5-9-21(25)10-6-19)24(30)26-11-2-12-28-13-15-31-16-14-28/h3-10,17H,2,11-16H2,1H3,(H,26,30)(H,27,29). The molecule has 6 nitrogen and oxygen atoms in total. The van der Waals surface area contributed by atoms with Crippen LogP contribution in [0, 0.1) is 6.92 Å². The normalized spacial score (nSPS) is 14.8. The van der Waals surface area contributed by atoms with Crippen LogP contribution in [0.5, 0.6) is 0 Å². The number of hydrogen-bond donors (Lipinski definition) is 2. The molecule has 0 radical (unpaired) electrons. The molecule has 0 bridgehead atoms. The summed E-state index contributed by atoms with van der Waals surface area (Å²) >= 11 is 3.41. The number of nitrogens with zero attached hydrogens (tertiary/aromatic N) is 1. The van der Waals surface area contributed by atoms with Crippen LogP contribution in [0.4, 0.5) is 0 Å². The second-order valence-corrected chi connectivity index (χ2v) is 8.41. The maximum absolute atomic E-state index is 12.8. The monoisotopic (exact) mass is 485 g/mol. The molecule has 31 heavy (non-hydrogen) atoms. The quantitative estimate of drug-likeness (QED) is 0.444. The molecule has 0 spiro atoms. The van der Waals surface area contributed by atoms with E-state index in [0.717, 1.165) is 54.9 Å². The lowest BCUT2D eigenvalue weighted by Gasteiger charge is -2.26. The smallest absolute Gasteiger partial charge is 0.267 e. The van der Waals surface area contributed by atoms with E-state index >= 15 is 0 Å². The van der Waals surface area contributed by atoms with E-state index in [1.54, 1.807) is 18.2 Å². The number of nitrogens with one attached hydrogen (secondary N) is 2. The Kier molecular flexibility index (Phi) is 8.82. The van der Waals surface area contributed by atoms with Gasteiger partial charge in [0.1, 0.15) is 5.70 Å². The molecule has 1 heterocycles. The van der Waals surface area contributed by atoms with Crippen LogP contribution in [0.2, 0.25) is 0 Å². The zero-order chi connectivity index (χ0) is 22.1. The average Bonchev–Trinajstić information content (AvgIpc) is 2.78. The van der Waals surface area contributed by atoms with Crippen LogP contribution in [0.25, 0.3) is 6.08 Å². The van der Waals surface area contributed by atoms with Gasteiger partial charge in [-0.25, -0.2) is 0 Å². The maximum Gasteiger partial charge on any atom is 0.267 e. The molecule has 1 aliphatic heterocycles. The van der Waals surface area contributed by atoms with Crippen LogP contribution in [0.1, 0.15) is 27.9 Å². The van der Waals surface area contributed by atoms with E-state index in [-0.39, 0.29) is 17.5 Å². The van der Waals surface area contributed by atoms with Gasteiger partial charge in [-0.15, -0.1) is 0 Å². The highest BCUT2D eigenvalue weighted by molar-refractivity contribution is 9.10. The van der Waals surface area contributed by atoms with Gasteiger partial charge in [0.15, 0.2) is 0 Å². The van der Waals surface area contributed by atoms with Crippen molar-refractivity contribution in [2.75, 3.05) is 39.4 Å². The topological polar surface area (TPSA) is 70.7 Å². The summed E-state index contributed by atoms with van der Waals surface area (Å²) in [5.74, 6) is -0.614. The fraction of sp³-hybridized carbons (Fsp3) is 0.333. The molecule has 0 atom stereocenters. The molecule has 2 N–H and O–H groups in total. The molecule has 1 fully saturated rings. The number of aryl methyl sites for hydroxylation is 1. The molecule has 3 rings (SSSR count). The van der Waals surface area contributed by atoms with Crippen LogP contribution in [0.15, 0.2) is 58.7 Å². The molecule has 0 saturated carbocycles. The summed E-state index contributed by atoms with van der Waals surface area (Å²) in [7, 11) is 0. The first-order chi connectivity index (χ1) is 15.0. The molecule has 7 heteroatoms. The Bertz CT molecular complexity index is 905. The predicted octanol–water partition coefficient (Wildman–Crippen LogP) is 3.37. The van der Waals surface area contributed by atoms with E-state index in [2.05, 4.69) is 31.5 Å². The predicted molar refractivity (Wildman–Crippen MR) is 126 cm³/mol. The Morgan fingerprint density at radius 1 is 1.06 bits per heavy atom. The van der Waals surface area contributed by atoms with Gasteiger partial charge >= 0.3 is 0 Å². The molecule has 0 aliphatic carbocycles. The van der Waals surface area contributed by atoms with E-state index < -0.39 is 0 Å². The Labute approximate surface area is 191 Å². The number of amides is 2. The zero-order valence-corrected chi connectivity index (χ0v) is 19.3. The highest BCUT2D eigenvalue weighted by Gasteiger charge is 2.15. The number of hydrogen-bond acceptors (Lipinski definition) is 4. The van der Waals surface area contributed by atoms with Gasteiger partial charge in [0.2, 0.25) is 0 Å². The zero-order valence-electron chi connectivity index (χ0n) is 17.7. The van der Waals surface area contributed by atoms with Crippen molar-refractivity contribution in [2.45, 2.75) is 13.3 Å². The number of carbonyl (C=O) groups excluding carboxylic acids is 2. The lowest BCUT2D eigenvalue weighted by molar-refractivity contribution is -0.117. The minimum absolute atomic E-state index is 0.222. The molecule has 0 aromatic heterocycles. The second-order valence-electron chi connectivity index (χ2n) is 7.49. The molecule has 0 unspecified atom stereocenters. The van der Waals surface area contributed by atoms with Crippen molar-refractivity contribution in [3.05, 3.63) is 75.4 Å². The van der Waals surface area contributed by atoms with Gasteiger partial charge in [-0.05, 0) is 55.8 Å². The molecule has 1 saturated heterocycles. The number of morpholine rings is 1. The van der Waals surface area contributed by atoms with Gasteiger partial charge in [-0.3, -0.25) is 14.5 Å². The Morgan fingerprint density at radius 2 is 1.74 bits per heavy atom. The lowest BCUT2D eigenvalue weighted by Crippen LogP contribution is -2.39. The Balaban J connectivity index is 1.64. The van der Waals surface area contributed by atoms with Crippen LogP contribution in [-0.2, 0) is 9.53 Å². The highest BCUT2D eigenvalue weighted by Crippen LogP contribution is 2.13. The van der Waals surface area contributed by atoms with Gasteiger partial charge in [-0.2, -0.15) is 0 Å². The second kappa shape index (κ2) is 11.8. The summed E-state index contributed by atoms with van der Waals surface area (Å²) in [5, 5.41) is 5.71. The summed E-state index contributed by atoms with van der Waals surface area (Å²) in [6.45, 7) is 6.78. The van der Waals surface area contributed by atoms with Crippen molar-refractivity contribution < 1.29 is 14.3 Å². The van der Waals surface area contributed by atoms with Crippen molar-refractivity contribution in [3.8, 4) is 0 Å². The van der Waals surface area contributed by atoms with Gasteiger partial charge < -0.3 is 15.4 Å². The Hall–Kier alpha value is -2.48. The summed E-state index contributed by atoms with van der Waals surface area (Å²) in [6, 6.07) is 14.8. The summed E-state index contributed by atoms with van der Waals surface area (Å²) in [5.41, 5.74) is 2.62. The summed E-state index contributed by atoms with van der Waals surface area (Å²) in [6.07, 6.45) is 2.53. The van der Waals surface area contributed by atoms with Crippen molar-refractivity contribution in [2.24, 2.45) is 0 Å². The largest absolute Gasteiger partial charge is 0.379 e. The SMILES string of the molecule is Cc1ccc(C(=O)NC(=Cc2ccc(Br)cc2)C(=O)NCCCN2CCOCC2)cc1. The van der Waals surface area contributed by atoms with Crippen LogP contribution < -0.4 is 10.6 Å². The maximum atomic E-state index is 12.8. The molecular weight excluding hydrogens is 458 g/mol. The molecule has 2 aromatic carbocycles. The van der Waals surface area contributed by atoms with Crippen molar-refractivity contribution in [3.63, 3.8) is 0 Å². The number of rotatable bonds is 8. The molecule has 1 aliphatic rings. The van der Waals surface area contributed by atoms with Crippen molar-refractivity contribution in [1.82, 2.24) is 15.5 Å². The minimum atomic E-state index is -0.313. The minimum Gasteiger partial charge on any atom is -0.379 e. The average molecular weight is 486 g/mol.